The molecule has 0 unspecified atom stereocenters. The van der Waals surface area contributed by atoms with Gasteiger partial charge < -0.3 is 19.6 Å². The minimum Gasteiger partial charge on any atom is -0.511 e. The number of hydrogen-bond donors (Lipinski definition) is 0. The summed E-state index contributed by atoms with van der Waals surface area (Å²) in [6, 6.07) is 9.85. The van der Waals surface area contributed by atoms with Crippen LogP contribution >= 0.6 is 0 Å². The summed E-state index contributed by atoms with van der Waals surface area (Å²) in [5.41, 5.74) is 2.41. The Morgan fingerprint density at radius 3 is 1.71 bits per heavy atom. The van der Waals surface area contributed by atoms with E-state index in [-0.39, 0.29) is 20.1 Å². The third kappa shape index (κ3) is 4.26. The maximum Gasteiger partial charge on any atom is 3.00 e. The molecule has 0 N–H and O–H groups in total. The van der Waals surface area contributed by atoms with Crippen molar-refractivity contribution >= 4 is 0 Å². The van der Waals surface area contributed by atoms with Gasteiger partial charge in [-0.3, -0.25) is 0 Å². The summed E-state index contributed by atoms with van der Waals surface area (Å²) in [6.45, 7) is 5.86. The molecule has 112 valence electrons. The predicted octanol–water partition coefficient (Wildman–Crippen LogP) is 2.16. The molecule has 4 nitrogen and oxygen atoms in total. The van der Waals surface area contributed by atoms with Crippen molar-refractivity contribution in [3.8, 4) is 0 Å². The van der Waals surface area contributed by atoms with E-state index in [2.05, 4.69) is 59.8 Å². The van der Waals surface area contributed by atoms with Crippen molar-refractivity contribution in [2.75, 3.05) is 14.1 Å². The van der Waals surface area contributed by atoms with Crippen LogP contribution in [0.3, 0.4) is 0 Å². The summed E-state index contributed by atoms with van der Waals surface area (Å²) in [7, 11) is 4.06. The first kappa shape index (κ1) is 15.9. The summed E-state index contributed by atoms with van der Waals surface area (Å²) in [5.74, 6) is 0. The Hall–Kier alpha value is -1.45. The van der Waals surface area contributed by atoms with Gasteiger partial charge in [0.2, 0.25) is 0 Å². The van der Waals surface area contributed by atoms with Gasteiger partial charge in [-0.15, -0.1) is 11.1 Å². The predicted molar refractivity (Wildman–Crippen MR) is 78.8 cm³/mol. The van der Waals surface area contributed by atoms with Crippen LogP contribution in [0.25, 0.3) is 0 Å². The number of nitrogens with zero attached hydrogens (tertiary/aromatic N) is 4. The molecular weight excluding hydrogens is 440 g/mol. The van der Waals surface area contributed by atoms with Gasteiger partial charge in [0.1, 0.15) is 0 Å². The Labute approximate surface area is 140 Å². The first-order valence-corrected chi connectivity index (χ1v) is 6.71. The van der Waals surface area contributed by atoms with Crippen LogP contribution in [0.1, 0.15) is 11.1 Å². The number of hydrogen-bond acceptors (Lipinski definition) is 4. The van der Waals surface area contributed by atoms with E-state index in [1.165, 1.54) is 11.1 Å². The van der Waals surface area contributed by atoms with Gasteiger partial charge in [-0.25, -0.2) is 0 Å². The van der Waals surface area contributed by atoms with Gasteiger partial charge in [-0.2, -0.15) is 37.6 Å². The quantitative estimate of drug-likeness (QED) is 0.640. The van der Waals surface area contributed by atoms with Crippen molar-refractivity contribution in [2.45, 2.75) is 13.1 Å². The molecule has 2 aliphatic rings. The molecule has 0 saturated heterocycles. The van der Waals surface area contributed by atoms with Gasteiger partial charge >= 0.3 is 20.1 Å². The van der Waals surface area contributed by atoms with E-state index in [1.54, 1.807) is 0 Å². The van der Waals surface area contributed by atoms with Crippen LogP contribution in [0.15, 0.2) is 43.0 Å². The molecule has 0 radical (unpaired) electrons. The molecule has 0 spiro atoms. The maximum atomic E-state index is 3.50. The zero-order chi connectivity index (χ0) is 13.9. The van der Waals surface area contributed by atoms with Crippen LogP contribution in [-0.2, 0) is 33.2 Å². The molecule has 1 aromatic rings. The zero-order valence-corrected chi connectivity index (χ0v) is 14.6. The SMILES string of the molecule is CN1C=CN(Cc2[c-]c(CN3C=CN(C)[CH-]3)ccc2)[CH-]1.[Ir+3]. The molecule has 3 rings (SSSR count). The Kier molecular flexibility index (Phi) is 5.32. The van der Waals surface area contributed by atoms with Crippen molar-refractivity contribution in [2.24, 2.45) is 0 Å². The van der Waals surface area contributed by atoms with Crippen molar-refractivity contribution in [3.63, 3.8) is 0 Å². The molecule has 2 aliphatic heterocycles. The standard InChI is InChI=1S/C16H19N4.Ir/c1-17-6-8-19(13-17)11-15-4-3-5-16(10-15)12-20-9-7-18(2)14-20;/h3-9,13-14H,11-12H2,1-2H3;/q-3;+3. The van der Waals surface area contributed by atoms with E-state index in [9.17, 15) is 0 Å². The van der Waals surface area contributed by atoms with Gasteiger partial charge in [0.05, 0.1) is 0 Å². The largest absolute Gasteiger partial charge is 3.00 e. The van der Waals surface area contributed by atoms with Crippen molar-refractivity contribution in [3.05, 3.63) is 73.5 Å². The molecule has 21 heavy (non-hydrogen) atoms. The molecular formula is C16H19IrN4. The van der Waals surface area contributed by atoms with E-state index in [1.807, 2.05) is 36.3 Å². The second-order valence-electron chi connectivity index (χ2n) is 5.20. The van der Waals surface area contributed by atoms with Crippen LogP contribution < -0.4 is 0 Å². The fourth-order valence-electron chi connectivity index (χ4n) is 2.34. The molecule has 1 aromatic carbocycles. The van der Waals surface area contributed by atoms with Crippen molar-refractivity contribution < 1.29 is 20.1 Å². The second-order valence-corrected chi connectivity index (χ2v) is 5.20. The summed E-state index contributed by atoms with van der Waals surface area (Å²) in [4.78, 5) is 8.41. The molecule has 0 amide bonds. The Morgan fingerprint density at radius 2 is 1.33 bits per heavy atom. The van der Waals surface area contributed by atoms with Crippen LogP contribution in [-0.4, -0.2) is 33.7 Å². The second kappa shape index (κ2) is 7.01. The van der Waals surface area contributed by atoms with Gasteiger partial charge in [0.25, 0.3) is 0 Å². The van der Waals surface area contributed by atoms with Gasteiger partial charge in [0.15, 0.2) is 0 Å². The Morgan fingerprint density at radius 1 is 0.857 bits per heavy atom. The smallest absolute Gasteiger partial charge is 0.511 e. The van der Waals surface area contributed by atoms with Crippen LogP contribution in [0.2, 0.25) is 0 Å². The summed E-state index contributed by atoms with van der Waals surface area (Å²) < 4.78 is 0. The van der Waals surface area contributed by atoms with Gasteiger partial charge in [-0.05, 0) is 52.0 Å². The minimum absolute atomic E-state index is 0. The van der Waals surface area contributed by atoms with E-state index >= 15 is 0 Å². The van der Waals surface area contributed by atoms with Crippen LogP contribution in [0.5, 0.6) is 0 Å². The fourth-order valence-corrected chi connectivity index (χ4v) is 2.34. The van der Waals surface area contributed by atoms with E-state index < -0.39 is 0 Å². The molecule has 2 heterocycles. The molecule has 5 heteroatoms. The average molecular weight is 460 g/mol. The minimum atomic E-state index is 0. The Balaban J connectivity index is 0.00000161. The van der Waals surface area contributed by atoms with E-state index in [4.69, 9.17) is 0 Å². The molecule has 0 saturated carbocycles. The third-order valence-electron chi connectivity index (χ3n) is 3.27. The summed E-state index contributed by atoms with van der Waals surface area (Å²) >= 11 is 0. The molecule has 0 bridgehead atoms. The normalized spacial score (nSPS) is 16.9. The van der Waals surface area contributed by atoms with Crippen molar-refractivity contribution in [1.82, 2.24) is 19.6 Å². The molecule has 0 aliphatic carbocycles. The van der Waals surface area contributed by atoms with Crippen LogP contribution in [0.4, 0.5) is 0 Å². The first-order valence-electron chi connectivity index (χ1n) is 6.71. The maximum absolute atomic E-state index is 3.50. The molecule has 0 atom stereocenters. The number of benzene rings is 1. The zero-order valence-electron chi connectivity index (χ0n) is 12.2. The summed E-state index contributed by atoms with van der Waals surface area (Å²) in [5, 5.41) is 0. The molecule has 0 aromatic heterocycles. The number of rotatable bonds is 4. The van der Waals surface area contributed by atoms with Gasteiger partial charge in [0, 0.05) is 0 Å². The van der Waals surface area contributed by atoms with Crippen LogP contribution in [0, 0.1) is 19.4 Å². The van der Waals surface area contributed by atoms with E-state index in [0.717, 1.165) is 13.1 Å². The fraction of sp³-hybridized carbons (Fsp3) is 0.250. The first-order chi connectivity index (χ1) is 9.69. The summed E-state index contributed by atoms with van der Waals surface area (Å²) in [6.07, 6.45) is 8.24. The molecule has 0 fully saturated rings. The van der Waals surface area contributed by atoms with Crippen molar-refractivity contribution in [1.29, 1.82) is 0 Å². The topological polar surface area (TPSA) is 13.0 Å². The van der Waals surface area contributed by atoms with Gasteiger partial charge in [-0.1, -0.05) is 0 Å². The monoisotopic (exact) mass is 460 g/mol. The van der Waals surface area contributed by atoms with E-state index in [0.29, 0.717) is 0 Å². The average Bonchev–Trinajstić information content (AvgIpc) is 2.99. The third-order valence-corrected chi connectivity index (χ3v) is 3.27. The Bertz CT molecular complexity index is 486.